The molecule has 0 amide bonds. The van der Waals surface area contributed by atoms with E-state index in [1.807, 2.05) is 0 Å². The quantitative estimate of drug-likeness (QED) is 0.401. The predicted octanol–water partition coefficient (Wildman–Crippen LogP) is 6.04. The molecule has 0 saturated carbocycles. The third-order valence-electron chi connectivity index (χ3n) is 5.13. The van der Waals surface area contributed by atoms with Crippen molar-refractivity contribution in [1.82, 2.24) is 4.57 Å². The molecule has 174 valence electrons. The van der Waals surface area contributed by atoms with Gasteiger partial charge in [0.25, 0.3) is 5.56 Å². The maximum absolute atomic E-state index is 14.1. The summed E-state index contributed by atoms with van der Waals surface area (Å²) in [5.41, 5.74) is -0.487. The number of carboxylic acids is 1. The number of aromatic nitrogens is 1. The Morgan fingerprint density at radius 3 is 2.21 bits per heavy atom. The summed E-state index contributed by atoms with van der Waals surface area (Å²) < 4.78 is 54.4. The molecule has 0 aliphatic carbocycles. The van der Waals surface area contributed by atoms with Crippen molar-refractivity contribution in [2.45, 2.75) is 32.0 Å². The van der Waals surface area contributed by atoms with Crippen LogP contribution in [0, 0.1) is 5.82 Å². The van der Waals surface area contributed by atoms with Gasteiger partial charge in [0.15, 0.2) is 0 Å². The molecule has 0 aliphatic heterocycles. The van der Waals surface area contributed by atoms with Crippen molar-refractivity contribution in [3.63, 3.8) is 0 Å². The number of carbonyl (C=O) groups is 1. The second kappa shape index (κ2) is 9.97. The summed E-state index contributed by atoms with van der Waals surface area (Å²) in [7, 11) is 0. The Bertz CT molecular complexity index is 1240. The number of pyridine rings is 1. The minimum Gasteiger partial charge on any atom is -0.478 e. The van der Waals surface area contributed by atoms with E-state index in [4.69, 9.17) is 28.3 Å². The minimum absolute atomic E-state index is 0.00141. The summed E-state index contributed by atoms with van der Waals surface area (Å²) in [6.45, 7) is 0.131. The van der Waals surface area contributed by atoms with Crippen LogP contribution in [0.15, 0.2) is 53.3 Å². The molecule has 0 unspecified atom stereocenters. The molecule has 1 N–H and O–H groups in total. The minimum atomic E-state index is -4.61. The standard InChI is InChI=1S/C23H17Cl2F4NO3/c24-17-12-18(25)21(31)30(10-9-13-1-3-14(4-2-13)22(32)33)20(17)8-5-15-11-16(23(27,28)29)6-7-19(15)26/h1-4,6-7,11-12H,5,8-10H2,(H,32,33). The van der Waals surface area contributed by atoms with Crippen LogP contribution in [0.5, 0.6) is 0 Å². The van der Waals surface area contributed by atoms with Gasteiger partial charge in [0.1, 0.15) is 10.8 Å². The van der Waals surface area contributed by atoms with Gasteiger partial charge in [-0.15, -0.1) is 0 Å². The van der Waals surface area contributed by atoms with Crippen molar-refractivity contribution in [3.8, 4) is 0 Å². The van der Waals surface area contributed by atoms with Crippen LogP contribution in [-0.4, -0.2) is 15.6 Å². The zero-order chi connectivity index (χ0) is 24.3. The number of alkyl halides is 3. The van der Waals surface area contributed by atoms with E-state index in [1.165, 1.54) is 22.8 Å². The molecule has 3 rings (SSSR count). The van der Waals surface area contributed by atoms with E-state index in [1.54, 1.807) is 12.1 Å². The first-order valence-electron chi connectivity index (χ1n) is 9.73. The first kappa shape index (κ1) is 24.8. The van der Waals surface area contributed by atoms with Crippen LogP contribution in [0.2, 0.25) is 10.0 Å². The molecule has 1 heterocycles. The molecule has 1 aromatic heterocycles. The monoisotopic (exact) mass is 501 g/mol. The third kappa shape index (κ3) is 5.94. The second-order valence-electron chi connectivity index (χ2n) is 7.30. The predicted molar refractivity (Wildman–Crippen MR) is 117 cm³/mol. The lowest BCUT2D eigenvalue weighted by Crippen LogP contribution is -2.26. The Morgan fingerprint density at radius 2 is 1.61 bits per heavy atom. The number of benzene rings is 2. The highest BCUT2D eigenvalue weighted by Crippen LogP contribution is 2.31. The van der Waals surface area contributed by atoms with E-state index in [-0.39, 0.29) is 40.6 Å². The van der Waals surface area contributed by atoms with Gasteiger partial charge in [-0.2, -0.15) is 13.2 Å². The maximum atomic E-state index is 14.1. The number of rotatable bonds is 7. The summed E-state index contributed by atoms with van der Waals surface area (Å²) in [6, 6.07) is 9.50. The summed E-state index contributed by atoms with van der Waals surface area (Å²) in [5.74, 6) is -1.86. The highest BCUT2D eigenvalue weighted by molar-refractivity contribution is 6.34. The Morgan fingerprint density at radius 1 is 0.939 bits per heavy atom. The van der Waals surface area contributed by atoms with Gasteiger partial charge in [0.2, 0.25) is 0 Å². The van der Waals surface area contributed by atoms with Crippen molar-refractivity contribution in [2.75, 3.05) is 0 Å². The molecule has 3 aromatic rings. The maximum Gasteiger partial charge on any atom is 0.416 e. The number of aromatic carboxylic acids is 1. The third-order valence-corrected chi connectivity index (χ3v) is 5.73. The summed E-state index contributed by atoms with van der Waals surface area (Å²) >= 11 is 12.2. The van der Waals surface area contributed by atoms with Gasteiger partial charge >= 0.3 is 12.1 Å². The zero-order valence-electron chi connectivity index (χ0n) is 16.9. The number of carboxylic acid groups (broad SMARTS) is 1. The molecule has 0 fully saturated rings. The Labute approximate surface area is 196 Å². The number of aryl methyl sites for hydroxylation is 2. The van der Waals surface area contributed by atoms with Crippen molar-refractivity contribution in [2.24, 2.45) is 0 Å². The lowest BCUT2D eigenvalue weighted by atomic mass is 10.0. The molecule has 0 saturated heterocycles. The summed E-state index contributed by atoms with van der Waals surface area (Å²) in [4.78, 5) is 23.6. The van der Waals surface area contributed by atoms with Gasteiger partial charge < -0.3 is 9.67 Å². The molecule has 0 atom stereocenters. The molecular weight excluding hydrogens is 485 g/mol. The Balaban J connectivity index is 1.86. The van der Waals surface area contributed by atoms with Gasteiger partial charge in [0.05, 0.1) is 16.1 Å². The molecule has 0 bridgehead atoms. The van der Waals surface area contributed by atoms with Crippen molar-refractivity contribution < 1.29 is 27.5 Å². The smallest absolute Gasteiger partial charge is 0.416 e. The Hall–Kier alpha value is -2.84. The average Bonchev–Trinajstić information content (AvgIpc) is 2.75. The van der Waals surface area contributed by atoms with Crippen molar-refractivity contribution >= 4 is 29.2 Å². The first-order chi connectivity index (χ1) is 15.5. The molecule has 0 aliphatic rings. The van der Waals surface area contributed by atoms with E-state index in [0.717, 1.165) is 17.7 Å². The number of hydrogen-bond donors (Lipinski definition) is 1. The SMILES string of the molecule is O=C(O)c1ccc(CCn2c(CCc3cc(C(F)(F)F)ccc3F)c(Cl)cc(Cl)c2=O)cc1. The fraction of sp³-hybridized carbons (Fsp3) is 0.217. The van der Waals surface area contributed by atoms with Crippen LogP contribution in [-0.2, 0) is 32.0 Å². The topological polar surface area (TPSA) is 59.3 Å². The van der Waals surface area contributed by atoms with Crippen LogP contribution < -0.4 is 5.56 Å². The van der Waals surface area contributed by atoms with E-state index in [2.05, 4.69) is 0 Å². The lowest BCUT2D eigenvalue weighted by molar-refractivity contribution is -0.137. The van der Waals surface area contributed by atoms with E-state index in [0.29, 0.717) is 18.2 Å². The molecule has 4 nitrogen and oxygen atoms in total. The van der Waals surface area contributed by atoms with Crippen LogP contribution in [0.25, 0.3) is 0 Å². The van der Waals surface area contributed by atoms with Gasteiger partial charge in [0, 0.05) is 12.2 Å². The molecule has 0 radical (unpaired) electrons. The highest BCUT2D eigenvalue weighted by atomic mass is 35.5. The zero-order valence-corrected chi connectivity index (χ0v) is 18.4. The highest BCUT2D eigenvalue weighted by Gasteiger charge is 2.31. The number of halogens is 6. The van der Waals surface area contributed by atoms with Gasteiger partial charge in [-0.25, -0.2) is 9.18 Å². The molecular formula is C23H17Cl2F4NO3. The fourth-order valence-electron chi connectivity index (χ4n) is 3.38. The summed E-state index contributed by atoms with van der Waals surface area (Å²) in [5, 5.41) is 8.99. The number of nitrogens with zero attached hydrogens (tertiary/aromatic N) is 1. The van der Waals surface area contributed by atoms with E-state index in [9.17, 15) is 27.2 Å². The van der Waals surface area contributed by atoms with Crippen LogP contribution >= 0.6 is 23.2 Å². The van der Waals surface area contributed by atoms with E-state index < -0.39 is 29.1 Å². The fourth-order valence-corrected chi connectivity index (χ4v) is 3.95. The van der Waals surface area contributed by atoms with Crippen molar-refractivity contribution in [3.05, 3.63) is 103 Å². The van der Waals surface area contributed by atoms with Crippen molar-refractivity contribution in [1.29, 1.82) is 0 Å². The lowest BCUT2D eigenvalue weighted by Gasteiger charge is -2.16. The van der Waals surface area contributed by atoms with Gasteiger partial charge in [-0.1, -0.05) is 35.3 Å². The van der Waals surface area contributed by atoms with Crippen LogP contribution in [0.4, 0.5) is 17.6 Å². The number of hydrogen-bond acceptors (Lipinski definition) is 2. The van der Waals surface area contributed by atoms with Gasteiger partial charge in [-0.3, -0.25) is 4.79 Å². The van der Waals surface area contributed by atoms with Gasteiger partial charge in [-0.05, 0) is 66.8 Å². The largest absolute Gasteiger partial charge is 0.478 e. The average molecular weight is 502 g/mol. The molecule has 0 spiro atoms. The first-order valence-corrected chi connectivity index (χ1v) is 10.5. The second-order valence-corrected chi connectivity index (χ2v) is 8.11. The molecule has 33 heavy (non-hydrogen) atoms. The molecule has 10 heteroatoms. The van der Waals surface area contributed by atoms with Crippen LogP contribution in [0.1, 0.15) is 32.7 Å². The summed E-state index contributed by atoms with van der Waals surface area (Å²) in [6.07, 6.45) is -4.40. The molecule has 2 aromatic carbocycles. The normalized spacial score (nSPS) is 11.6. The Kier molecular flexibility index (Phi) is 7.49. The van der Waals surface area contributed by atoms with Crippen LogP contribution in [0.3, 0.4) is 0 Å². The van der Waals surface area contributed by atoms with E-state index >= 15 is 0 Å².